The molecule has 1 atom stereocenters. The number of amides is 3. The molecule has 2 N–H and O–H groups in total. The molecule has 2 aromatic carbocycles. The summed E-state index contributed by atoms with van der Waals surface area (Å²) in [5.74, 6) is -0.297. The Hall–Kier alpha value is -3.26. The van der Waals surface area contributed by atoms with Gasteiger partial charge in [-0.3, -0.25) is 4.79 Å². The van der Waals surface area contributed by atoms with Crippen LogP contribution in [0.15, 0.2) is 48.5 Å². The van der Waals surface area contributed by atoms with E-state index in [0.29, 0.717) is 17.2 Å². The molecule has 8 heteroatoms. The Morgan fingerprint density at radius 1 is 1.07 bits per heavy atom. The topological polar surface area (TPSA) is 87.2 Å². The van der Waals surface area contributed by atoms with Gasteiger partial charge in [-0.05, 0) is 56.0 Å². The highest BCUT2D eigenvalue weighted by molar-refractivity contribution is 7.13. The SMILES string of the molecule is Cc1ccc(C)c(NC(=O)N2CCCC2c2nnc(C(=O)Nc3ccccc3)s2)c1. The Bertz CT molecular complexity index is 1070. The summed E-state index contributed by atoms with van der Waals surface area (Å²) in [6.07, 6.45) is 1.69. The van der Waals surface area contributed by atoms with Gasteiger partial charge in [0.25, 0.3) is 5.91 Å². The van der Waals surface area contributed by atoms with Crippen molar-refractivity contribution < 1.29 is 9.59 Å². The van der Waals surface area contributed by atoms with Gasteiger partial charge in [-0.15, -0.1) is 10.2 Å². The van der Waals surface area contributed by atoms with Gasteiger partial charge in [-0.1, -0.05) is 41.7 Å². The maximum Gasteiger partial charge on any atom is 0.322 e. The zero-order chi connectivity index (χ0) is 21.1. The molecule has 1 fully saturated rings. The summed E-state index contributed by atoms with van der Waals surface area (Å²) in [4.78, 5) is 27.2. The molecule has 0 aliphatic carbocycles. The number of anilines is 2. The number of benzene rings is 2. The smallest absolute Gasteiger partial charge is 0.320 e. The largest absolute Gasteiger partial charge is 0.322 e. The molecule has 0 radical (unpaired) electrons. The lowest BCUT2D eigenvalue weighted by atomic mass is 10.1. The van der Waals surface area contributed by atoms with Crippen molar-refractivity contribution in [1.29, 1.82) is 0 Å². The third-order valence-corrected chi connectivity index (χ3v) is 6.12. The van der Waals surface area contributed by atoms with Crippen molar-refractivity contribution >= 4 is 34.6 Å². The van der Waals surface area contributed by atoms with E-state index in [1.54, 1.807) is 4.90 Å². The van der Waals surface area contributed by atoms with Crippen LogP contribution >= 0.6 is 11.3 Å². The molecule has 3 aromatic rings. The third-order valence-electron chi connectivity index (χ3n) is 5.10. The third kappa shape index (κ3) is 4.33. The molecular weight excluding hydrogens is 398 g/mol. The second-order valence-corrected chi connectivity index (χ2v) is 8.37. The van der Waals surface area contributed by atoms with Crippen molar-refractivity contribution in [3.8, 4) is 0 Å². The Morgan fingerprint density at radius 2 is 1.87 bits per heavy atom. The van der Waals surface area contributed by atoms with Gasteiger partial charge in [0, 0.05) is 17.9 Å². The first-order valence-electron chi connectivity index (χ1n) is 9.86. The fraction of sp³-hybridized carbons (Fsp3) is 0.273. The molecule has 1 aromatic heterocycles. The maximum absolute atomic E-state index is 12.9. The van der Waals surface area contributed by atoms with E-state index in [-0.39, 0.29) is 23.0 Å². The molecule has 1 aliphatic heterocycles. The lowest BCUT2D eigenvalue weighted by molar-refractivity contribution is 0.102. The Balaban J connectivity index is 1.46. The molecular formula is C22H23N5O2S. The maximum atomic E-state index is 12.9. The van der Waals surface area contributed by atoms with Crippen LogP contribution in [-0.4, -0.2) is 33.6 Å². The van der Waals surface area contributed by atoms with Gasteiger partial charge in [0.05, 0.1) is 6.04 Å². The number of likely N-dealkylation sites (tertiary alicyclic amines) is 1. The summed E-state index contributed by atoms with van der Waals surface area (Å²) in [5.41, 5.74) is 3.62. The van der Waals surface area contributed by atoms with Crippen molar-refractivity contribution in [3.63, 3.8) is 0 Å². The normalized spacial score (nSPS) is 15.8. The number of urea groups is 1. The molecule has 30 heavy (non-hydrogen) atoms. The lowest BCUT2D eigenvalue weighted by Gasteiger charge is -2.23. The predicted molar refractivity (Wildman–Crippen MR) is 118 cm³/mol. The number of hydrogen-bond donors (Lipinski definition) is 2. The number of aryl methyl sites for hydroxylation is 2. The average molecular weight is 422 g/mol. The van der Waals surface area contributed by atoms with Crippen molar-refractivity contribution in [2.24, 2.45) is 0 Å². The van der Waals surface area contributed by atoms with E-state index in [0.717, 1.165) is 29.7 Å². The number of carbonyl (C=O) groups is 2. The molecule has 154 valence electrons. The number of nitrogens with one attached hydrogen (secondary N) is 2. The van der Waals surface area contributed by atoms with E-state index in [1.165, 1.54) is 11.3 Å². The van der Waals surface area contributed by atoms with E-state index in [2.05, 4.69) is 20.8 Å². The second-order valence-electron chi connectivity index (χ2n) is 7.37. The van der Waals surface area contributed by atoms with Crippen LogP contribution in [0.3, 0.4) is 0 Å². The summed E-state index contributed by atoms with van der Waals surface area (Å²) < 4.78 is 0. The van der Waals surface area contributed by atoms with Crippen LogP contribution in [0.5, 0.6) is 0 Å². The zero-order valence-electron chi connectivity index (χ0n) is 16.9. The van der Waals surface area contributed by atoms with Crippen LogP contribution in [0, 0.1) is 13.8 Å². The number of para-hydroxylation sites is 1. The minimum atomic E-state index is -0.297. The average Bonchev–Trinajstić information content (AvgIpc) is 3.41. The van der Waals surface area contributed by atoms with E-state index >= 15 is 0 Å². The van der Waals surface area contributed by atoms with E-state index in [1.807, 2.05) is 62.4 Å². The van der Waals surface area contributed by atoms with Crippen LogP contribution in [0.4, 0.5) is 16.2 Å². The van der Waals surface area contributed by atoms with E-state index < -0.39 is 0 Å². The molecule has 3 amide bonds. The fourth-order valence-corrected chi connectivity index (χ4v) is 4.38. The molecule has 2 heterocycles. The number of rotatable bonds is 4. The van der Waals surface area contributed by atoms with Crippen molar-refractivity contribution in [3.05, 3.63) is 69.7 Å². The second kappa shape index (κ2) is 8.62. The number of aromatic nitrogens is 2. The molecule has 0 saturated carbocycles. The monoisotopic (exact) mass is 421 g/mol. The molecule has 0 spiro atoms. The van der Waals surface area contributed by atoms with Gasteiger partial charge >= 0.3 is 6.03 Å². The molecule has 1 unspecified atom stereocenters. The fourth-order valence-electron chi connectivity index (χ4n) is 3.49. The Kier molecular flexibility index (Phi) is 5.76. The lowest BCUT2D eigenvalue weighted by Crippen LogP contribution is -2.34. The molecule has 1 saturated heterocycles. The first-order valence-corrected chi connectivity index (χ1v) is 10.7. The summed E-state index contributed by atoms with van der Waals surface area (Å²) in [6, 6.07) is 14.9. The summed E-state index contributed by atoms with van der Waals surface area (Å²) in [5, 5.41) is 15.1. The molecule has 7 nitrogen and oxygen atoms in total. The highest BCUT2D eigenvalue weighted by Crippen LogP contribution is 2.34. The number of carbonyl (C=O) groups excluding carboxylic acids is 2. The number of nitrogens with zero attached hydrogens (tertiary/aromatic N) is 3. The highest BCUT2D eigenvalue weighted by atomic mass is 32.1. The van der Waals surface area contributed by atoms with Gasteiger partial charge in [-0.25, -0.2) is 4.79 Å². The quantitative estimate of drug-likeness (QED) is 0.635. The van der Waals surface area contributed by atoms with Gasteiger partial charge < -0.3 is 15.5 Å². The predicted octanol–water partition coefficient (Wildman–Crippen LogP) is 4.78. The van der Waals surface area contributed by atoms with E-state index in [4.69, 9.17) is 0 Å². The van der Waals surface area contributed by atoms with E-state index in [9.17, 15) is 9.59 Å². The van der Waals surface area contributed by atoms with Crippen LogP contribution in [-0.2, 0) is 0 Å². The van der Waals surface area contributed by atoms with Crippen LogP contribution in [0.25, 0.3) is 0 Å². The van der Waals surface area contributed by atoms with Gasteiger partial charge in [0.2, 0.25) is 5.01 Å². The standard InChI is InChI=1S/C22H23N5O2S/c1-14-10-11-15(2)17(13-14)24-22(29)27-12-6-9-18(27)20-25-26-21(30-20)19(28)23-16-7-4-3-5-8-16/h3-5,7-8,10-11,13,18H,6,9,12H2,1-2H3,(H,23,28)(H,24,29). The molecule has 1 aliphatic rings. The Labute approximate surface area is 179 Å². The molecule has 0 bridgehead atoms. The first-order chi connectivity index (χ1) is 14.5. The summed E-state index contributed by atoms with van der Waals surface area (Å²) >= 11 is 1.23. The van der Waals surface area contributed by atoms with Gasteiger partial charge in [-0.2, -0.15) is 0 Å². The summed E-state index contributed by atoms with van der Waals surface area (Å²) in [7, 11) is 0. The zero-order valence-corrected chi connectivity index (χ0v) is 17.7. The summed E-state index contributed by atoms with van der Waals surface area (Å²) in [6.45, 7) is 4.61. The first kappa shape index (κ1) is 20.0. The van der Waals surface area contributed by atoms with Gasteiger partial charge in [0.1, 0.15) is 5.01 Å². The number of hydrogen-bond acceptors (Lipinski definition) is 5. The minimum absolute atomic E-state index is 0.156. The minimum Gasteiger partial charge on any atom is -0.320 e. The Morgan fingerprint density at radius 3 is 2.67 bits per heavy atom. The van der Waals surface area contributed by atoms with Crippen molar-refractivity contribution in [2.75, 3.05) is 17.2 Å². The van der Waals surface area contributed by atoms with Gasteiger partial charge in [0.15, 0.2) is 0 Å². The van der Waals surface area contributed by atoms with Crippen molar-refractivity contribution in [1.82, 2.24) is 15.1 Å². The molecule has 4 rings (SSSR count). The van der Waals surface area contributed by atoms with Crippen LogP contribution < -0.4 is 10.6 Å². The van der Waals surface area contributed by atoms with Crippen molar-refractivity contribution in [2.45, 2.75) is 32.7 Å². The van der Waals surface area contributed by atoms with Crippen LogP contribution in [0.1, 0.15) is 44.8 Å². The highest BCUT2D eigenvalue weighted by Gasteiger charge is 2.33. The van der Waals surface area contributed by atoms with Crippen LogP contribution in [0.2, 0.25) is 0 Å².